The van der Waals surface area contributed by atoms with Crippen molar-refractivity contribution in [1.82, 2.24) is 15.1 Å². The average molecular weight is 223 g/mol. The molecule has 0 bridgehead atoms. The molecule has 2 rings (SSSR count). The topological polar surface area (TPSA) is 69.2 Å². The predicted octanol–water partition coefficient (Wildman–Crippen LogP) is 0.623. The highest BCUT2D eigenvalue weighted by atomic mass is 16.3. The van der Waals surface area contributed by atoms with Crippen LogP contribution in [0, 0.1) is 13.8 Å². The van der Waals surface area contributed by atoms with Crippen LogP contribution in [0.4, 0.5) is 0 Å². The Labute approximate surface area is 94.5 Å². The number of nitrogens with one attached hydrogen (secondary N) is 1. The van der Waals surface area contributed by atoms with Crippen molar-refractivity contribution in [3.8, 4) is 0 Å². The molecule has 5 nitrogen and oxygen atoms in total. The number of carbonyl (C=O) groups excluding carboxylic acids is 1. The lowest BCUT2D eigenvalue weighted by molar-refractivity contribution is 0.0676. The summed E-state index contributed by atoms with van der Waals surface area (Å²) >= 11 is 0. The molecule has 1 aromatic rings. The van der Waals surface area contributed by atoms with Crippen molar-refractivity contribution in [2.24, 2.45) is 0 Å². The lowest BCUT2D eigenvalue weighted by atomic mass is 10.1. The van der Waals surface area contributed by atoms with Gasteiger partial charge in [0.25, 0.3) is 5.91 Å². The van der Waals surface area contributed by atoms with E-state index < -0.39 is 0 Å². The minimum absolute atomic E-state index is 0.0136. The molecule has 0 unspecified atom stereocenters. The third kappa shape index (κ3) is 1.71. The van der Waals surface area contributed by atoms with Crippen LogP contribution >= 0.6 is 0 Å². The van der Waals surface area contributed by atoms with Gasteiger partial charge in [-0.3, -0.25) is 9.89 Å². The molecule has 0 saturated carbocycles. The fraction of sp³-hybridized carbons (Fsp3) is 0.636. The Morgan fingerprint density at radius 3 is 2.94 bits per heavy atom. The molecular weight excluding hydrogens is 206 g/mol. The molecule has 0 spiro atoms. The molecule has 0 aliphatic carbocycles. The van der Waals surface area contributed by atoms with E-state index in [1.54, 1.807) is 4.90 Å². The predicted molar refractivity (Wildman–Crippen MR) is 59.2 cm³/mol. The number of aliphatic hydroxyl groups excluding tert-OH is 1. The average Bonchev–Trinajstić information content (AvgIpc) is 2.85. The van der Waals surface area contributed by atoms with E-state index in [9.17, 15) is 9.90 Å². The zero-order valence-corrected chi connectivity index (χ0v) is 9.66. The molecule has 5 heteroatoms. The van der Waals surface area contributed by atoms with Crippen LogP contribution in [-0.4, -0.2) is 45.3 Å². The number of aliphatic hydroxyl groups is 1. The first kappa shape index (κ1) is 11.1. The van der Waals surface area contributed by atoms with E-state index in [-0.39, 0.29) is 18.6 Å². The van der Waals surface area contributed by atoms with Gasteiger partial charge in [0.2, 0.25) is 0 Å². The van der Waals surface area contributed by atoms with Crippen LogP contribution in [0.1, 0.15) is 34.6 Å². The Morgan fingerprint density at radius 1 is 1.62 bits per heavy atom. The second kappa shape index (κ2) is 4.25. The minimum Gasteiger partial charge on any atom is -0.394 e. The Balaban J connectivity index is 2.25. The second-order valence-corrected chi connectivity index (χ2v) is 4.29. The molecule has 1 aliphatic rings. The monoisotopic (exact) mass is 223 g/mol. The SMILES string of the molecule is Cc1n[nH]c(C)c1C(=O)N1CCC[C@H]1CO. The van der Waals surface area contributed by atoms with Gasteiger partial charge in [-0.25, -0.2) is 0 Å². The first-order chi connectivity index (χ1) is 7.65. The molecule has 1 fully saturated rings. The molecule has 1 atom stereocenters. The fourth-order valence-electron chi connectivity index (χ4n) is 2.30. The van der Waals surface area contributed by atoms with Crippen LogP contribution in [0.25, 0.3) is 0 Å². The van der Waals surface area contributed by atoms with Crippen LogP contribution in [-0.2, 0) is 0 Å². The zero-order chi connectivity index (χ0) is 11.7. The van der Waals surface area contributed by atoms with Gasteiger partial charge in [-0.15, -0.1) is 0 Å². The number of aryl methyl sites for hydroxylation is 2. The van der Waals surface area contributed by atoms with Gasteiger partial charge in [0.05, 0.1) is 23.9 Å². The second-order valence-electron chi connectivity index (χ2n) is 4.29. The molecule has 16 heavy (non-hydrogen) atoms. The summed E-state index contributed by atoms with van der Waals surface area (Å²) in [5.74, 6) is -0.0136. The van der Waals surface area contributed by atoms with E-state index >= 15 is 0 Å². The van der Waals surface area contributed by atoms with Crippen molar-refractivity contribution in [1.29, 1.82) is 0 Å². The smallest absolute Gasteiger partial charge is 0.257 e. The quantitative estimate of drug-likeness (QED) is 0.772. The van der Waals surface area contributed by atoms with Gasteiger partial charge in [-0.05, 0) is 26.7 Å². The number of amides is 1. The van der Waals surface area contributed by atoms with Crippen molar-refractivity contribution in [2.45, 2.75) is 32.7 Å². The van der Waals surface area contributed by atoms with Crippen LogP contribution in [0.2, 0.25) is 0 Å². The number of nitrogens with zero attached hydrogens (tertiary/aromatic N) is 2. The highest BCUT2D eigenvalue weighted by molar-refractivity contribution is 5.96. The molecule has 1 aromatic heterocycles. The van der Waals surface area contributed by atoms with E-state index in [0.29, 0.717) is 5.56 Å². The van der Waals surface area contributed by atoms with Gasteiger partial charge in [-0.2, -0.15) is 5.10 Å². The molecule has 1 aliphatic heterocycles. The van der Waals surface area contributed by atoms with Crippen molar-refractivity contribution in [3.05, 3.63) is 17.0 Å². The van der Waals surface area contributed by atoms with E-state index in [1.807, 2.05) is 13.8 Å². The maximum Gasteiger partial charge on any atom is 0.257 e. The number of aromatic nitrogens is 2. The van der Waals surface area contributed by atoms with Gasteiger partial charge in [0, 0.05) is 12.2 Å². The molecule has 0 aromatic carbocycles. The Bertz CT molecular complexity index is 380. The van der Waals surface area contributed by atoms with Gasteiger partial charge >= 0.3 is 0 Å². The van der Waals surface area contributed by atoms with Crippen molar-refractivity contribution >= 4 is 5.91 Å². The summed E-state index contributed by atoms with van der Waals surface area (Å²) in [7, 11) is 0. The van der Waals surface area contributed by atoms with Crippen molar-refractivity contribution in [3.63, 3.8) is 0 Å². The highest BCUT2D eigenvalue weighted by Crippen LogP contribution is 2.21. The summed E-state index contributed by atoms with van der Waals surface area (Å²) in [6.07, 6.45) is 1.85. The number of carbonyl (C=O) groups is 1. The molecular formula is C11H17N3O2. The number of hydrogen-bond donors (Lipinski definition) is 2. The lowest BCUT2D eigenvalue weighted by Crippen LogP contribution is -2.38. The first-order valence-corrected chi connectivity index (χ1v) is 5.58. The van der Waals surface area contributed by atoms with Gasteiger partial charge in [0.1, 0.15) is 0 Å². The van der Waals surface area contributed by atoms with E-state index in [2.05, 4.69) is 10.2 Å². The summed E-state index contributed by atoms with van der Waals surface area (Å²) in [4.78, 5) is 14.0. The summed E-state index contributed by atoms with van der Waals surface area (Å²) in [6.45, 7) is 4.44. The van der Waals surface area contributed by atoms with Crippen LogP contribution in [0.15, 0.2) is 0 Å². The Kier molecular flexibility index (Phi) is 2.96. The molecule has 2 heterocycles. The van der Waals surface area contributed by atoms with Gasteiger partial charge in [-0.1, -0.05) is 0 Å². The van der Waals surface area contributed by atoms with E-state index in [1.165, 1.54) is 0 Å². The number of H-pyrrole nitrogens is 1. The van der Waals surface area contributed by atoms with Crippen LogP contribution < -0.4 is 0 Å². The lowest BCUT2D eigenvalue weighted by Gasteiger charge is -2.23. The molecule has 88 valence electrons. The Hall–Kier alpha value is -1.36. The largest absolute Gasteiger partial charge is 0.394 e. The maximum absolute atomic E-state index is 12.3. The van der Waals surface area contributed by atoms with Crippen LogP contribution in [0.3, 0.4) is 0 Å². The summed E-state index contributed by atoms with van der Waals surface area (Å²) in [5.41, 5.74) is 2.18. The van der Waals surface area contributed by atoms with E-state index in [4.69, 9.17) is 0 Å². The van der Waals surface area contributed by atoms with Crippen molar-refractivity contribution < 1.29 is 9.90 Å². The third-order valence-electron chi connectivity index (χ3n) is 3.19. The molecule has 1 amide bonds. The normalized spacial score (nSPS) is 20.4. The number of hydrogen-bond acceptors (Lipinski definition) is 3. The summed E-state index contributed by atoms with van der Waals surface area (Å²) in [6, 6.07) is -0.0267. The molecule has 2 N–H and O–H groups in total. The van der Waals surface area contributed by atoms with Gasteiger partial charge in [0.15, 0.2) is 0 Å². The highest BCUT2D eigenvalue weighted by Gasteiger charge is 2.31. The van der Waals surface area contributed by atoms with Crippen LogP contribution in [0.5, 0.6) is 0 Å². The van der Waals surface area contributed by atoms with E-state index in [0.717, 1.165) is 30.8 Å². The summed E-state index contributed by atoms with van der Waals surface area (Å²) < 4.78 is 0. The van der Waals surface area contributed by atoms with Gasteiger partial charge < -0.3 is 10.0 Å². The molecule has 0 radical (unpaired) electrons. The first-order valence-electron chi connectivity index (χ1n) is 5.58. The number of likely N-dealkylation sites (tertiary alicyclic amines) is 1. The number of aromatic amines is 1. The minimum atomic E-state index is -0.0267. The fourth-order valence-corrected chi connectivity index (χ4v) is 2.30. The van der Waals surface area contributed by atoms with Crippen molar-refractivity contribution in [2.75, 3.05) is 13.2 Å². The summed E-state index contributed by atoms with van der Waals surface area (Å²) in [5, 5.41) is 16.0. The third-order valence-corrected chi connectivity index (χ3v) is 3.19. The number of rotatable bonds is 2. The Morgan fingerprint density at radius 2 is 2.38 bits per heavy atom. The standard InChI is InChI=1S/C11H17N3O2/c1-7-10(8(2)13-12-7)11(16)14-5-3-4-9(14)6-15/h9,15H,3-6H2,1-2H3,(H,12,13)/t9-/m0/s1. The maximum atomic E-state index is 12.3. The zero-order valence-electron chi connectivity index (χ0n) is 9.66. The molecule has 1 saturated heterocycles.